The van der Waals surface area contributed by atoms with Gasteiger partial charge in [-0.25, -0.2) is 4.39 Å². The van der Waals surface area contributed by atoms with Gasteiger partial charge >= 0.3 is 0 Å². The van der Waals surface area contributed by atoms with E-state index in [9.17, 15) is 9.18 Å². The Morgan fingerprint density at radius 1 is 1.45 bits per heavy atom. The zero-order valence-electron chi connectivity index (χ0n) is 13.9. The van der Waals surface area contributed by atoms with E-state index < -0.39 is 0 Å². The average Bonchev–Trinajstić information content (AvgIpc) is 2.47. The Labute approximate surface area is 132 Å². The second kappa shape index (κ2) is 7.23. The number of benzene rings is 1. The summed E-state index contributed by atoms with van der Waals surface area (Å²) in [6.07, 6.45) is 0.568. The summed E-state index contributed by atoms with van der Waals surface area (Å²) in [5.41, 5.74) is 1.68. The lowest BCUT2D eigenvalue weighted by Gasteiger charge is -2.33. The van der Waals surface area contributed by atoms with Gasteiger partial charge in [-0.15, -0.1) is 0 Å². The molecule has 0 radical (unpaired) electrons. The molecular formula is C18H26FNO2. The highest BCUT2D eigenvalue weighted by Crippen LogP contribution is 2.30. The molecule has 1 aromatic carbocycles. The number of ether oxygens (including phenoxy) is 1. The number of carbonyl (C=O) groups excluding carboxylic acids is 1. The first-order valence-corrected chi connectivity index (χ1v) is 8.04. The molecule has 2 unspecified atom stereocenters. The Hall–Kier alpha value is -1.42. The number of halogens is 1. The van der Waals surface area contributed by atoms with Crippen LogP contribution in [0.2, 0.25) is 0 Å². The molecule has 0 bridgehead atoms. The van der Waals surface area contributed by atoms with Gasteiger partial charge in [0.05, 0.1) is 12.7 Å². The molecule has 0 spiro atoms. The van der Waals surface area contributed by atoms with Crippen LogP contribution < -0.4 is 0 Å². The van der Waals surface area contributed by atoms with Crippen molar-refractivity contribution in [3.63, 3.8) is 0 Å². The Balaban J connectivity index is 2.11. The maximum atomic E-state index is 13.5. The SMILES string of the molecule is Cc1cc(C(CC(=O)N2CCOC(C)C2)C(C)C)ccc1F. The van der Waals surface area contributed by atoms with E-state index in [0.29, 0.717) is 37.6 Å². The van der Waals surface area contributed by atoms with Gasteiger partial charge in [0.25, 0.3) is 0 Å². The number of rotatable bonds is 4. The number of amides is 1. The Morgan fingerprint density at radius 3 is 2.77 bits per heavy atom. The van der Waals surface area contributed by atoms with Crippen LogP contribution >= 0.6 is 0 Å². The molecule has 0 saturated carbocycles. The molecule has 0 N–H and O–H groups in total. The van der Waals surface area contributed by atoms with Crippen molar-refractivity contribution in [1.82, 2.24) is 4.90 Å². The lowest BCUT2D eigenvalue weighted by Crippen LogP contribution is -2.45. The Bertz CT molecular complexity index is 530. The third kappa shape index (κ3) is 4.07. The minimum Gasteiger partial charge on any atom is -0.375 e. The van der Waals surface area contributed by atoms with Crippen LogP contribution in [-0.4, -0.2) is 36.6 Å². The molecular weight excluding hydrogens is 281 g/mol. The molecule has 1 amide bonds. The van der Waals surface area contributed by atoms with Crippen molar-refractivity contribution in [2.45, 2.75) is 46.1 Å². The largest absolute Gasteiger partial charge is 0.375 e. The zero-order valence-corrected chi connectivity index (χ0v) is 13.9. The van der Waals surface area contributed by atoms with Crippen molar-refractivity contribution < 1.29 is 13.9 Å². The highest BCUT2D eigenvalue weighted by atomic mass is 19.1. The van der Waals surface area contributed by atoms with Gasteiger partial charge in [-0.1, -0.05) is 26.0 Å². The van der Waals surface area contributed by atoms with E-state index in [1.54, 1.807) is 6.92 Å². The highest BCUT2D eigenvalue weighted by Gasteiger charge is 2.26. The van der Waals surface area contributed by atoms with Crippen molar-refractivity contribution in [3.8, 4) is 0 Å². The van der Waals surface area contributed by atoms with Gasteiger partial charge in [-0.05, 0) is 42.9 Å². The van der Waals surface area contributed by atoms with Crippen molar-refractivity contribution in [3.05, 3.63) is 35.1 Å². The lowest BCUT2D eigenvalue weighted by atomic mass is 9.84. The molecule has 122 valence electrons. The maximum absolute atomic E-state index is 13.5. The second-order valence-electron chi connectivity index (χ2n) is 6.58. The smallest absolute Gasteiger partial charge is 0.223 e. The van der Waals surface area contributed by atoms with E-state index in [1.807, 2.05) is 24.0 Å². The summed E-state index contributed by atoms with van der Waals surface area (Å²) in [5, 5.41) is 0. The van der Waals surface area contributed by atoms with Gasteiger partial charge in [0, 0.05) is 19.5 Å². The third-order valence-corrected chi connectivity index (χ3v) is 4.40. The fraction of sp³-hybridized carbons (Fsp3) is 0.611. The maximum Gasteiger partial charge on any atom is 0.223 e. The summed E-state index contributed by atoms with van der Waals surface area (Å²) in [7, 11) is 0. The van der Waals surface area contributed by atoms with Crippen LogP contribution in [-0.2, 0) is 9.53 Å². The molecule has 1 aliphatic rings. The lowest BCUT2D eigenvalue weighted by molar-refractivity contribution is -0.138. The van der Waals surface area contributed by atoms with E-state index in [2.05, 4.69) is 13.8 Å². The van der Waals surface area contributed by atoms with Crippen molar-refractivity contribution in [2.75, 3.05) is 19.7 Å². The summed E-state index contributed by atoms with van der Waals surface area (Å²) in [6, 6.07) is 5.18. The summed E-state index contributed by atoms with van der Waals surface area (Å²) < 4.78 is 19.0. The molecule has 3 nitrogen and oxygen atoms in total. The molecule has 1 saturated heterocycles. The summed E-state index contributed by atoms with van der Waals surface area (Å²) in [5.74, 6) is 0.410. The van der Waals surface area contributed by atoms with Gasteiger partial charge < -0.3 is 9.64 Å². The molecule has 0 aliphatic carbocycles. The molecule has 1 heterocycles. The van der Waals surface area contributed by atoms with Crippen LogP contribution in [0.1, 0.15) is 44.2 Å². The predicted molar refractivity (Wildman–Crippen MR) is 85.3 cm³/mol. The summed E-state index contributed by atoms with van der Waals surface area (Å²) in [4.78, 5) is 14.5. The van der Waals surface area contributed by atoms with Crippen LogP contribution in [0, 0.1) is 18.7 Å². The molecule has 1 aliphatic heterocycles. The topological polar surface area (TPSA) is 29.5 Å². The van der Waals surface area contributed by atoms with E-state index in [4.69, 9.17) is 4.74 Å². The monoisotopic (exact) mass is 307 g/mol. The summed E-state index contributed by atoms with van der Waals surface area (Å²) >= 11 is 0. The minimum absolute atomic E-state index is 0.100. The number of aryl methyl sites for hydroxylation is 1. The Morgan fingerprint density at radius 2 is 2.18 bits per heavy atom. The van der Waals surface area contributed by atoms with Crippen molar-refractivity contribution in [1.29, 1.82) is 0 Å². The van der Waals surface area contributed by atoms with Gasteiger partial charge in [-0.3, -0.25) is 4.79 Å². The van der Waals surface area contributed by atoms with Crippen LogP contribution in [0.3, 0.4) is 0 Å². The van der Waals surface area contributed by atoms with Crippen molar-refractivity contribution >= 4 is 5.91 Å². The van der Waals surface area contributed by atoms with E-state index >= 15 is 0 Å². The minimum atomic E-state index is -0.195. The van der Waals surface area contributed by atoms with E-state index in [0.717, 1.165) is 5.56 Å². The molecule has 4 heteroatoms. The molecule has 2 rings (SSSR count). The van der Waals surface area contributed by atoms with Crippen LogP contribution in [0.5, 0.6) is 0 Å². The van der Waals surface area contributed by atoms with Crippen LogP contribution in [0.25, 0.3) is 0 Å². The number of hydrogen-bond donors (Lipinski definition) is 0. The van der Waals surface area contributed by atoms with E-state index in [-0.39, 0.29) is 23.7 Å². The van der Waals surface area contributed by atoms with Crippen LogP contribution in [0.15, 0.2) is 18.2 Å². The van der Waals surface area contributed by atoms with Crippen molar-refractivity contribution in [2.24, 2.45) is 5.92 Å². The first-order chi connectivity index (χ1) is 10.4. The highest BCUT2D eigenvalue weighted by molar-refractivity contribution is 5.77. The first-order valence-electron chi connectivity index (χ1n) is 8.04. The van der Waals surface area contributed by atoms with Gasteiger partial charge in [0.15, 0.2) is 0 Å². The summed E-state index contributed by atoms with van der Waals surface area (Å²) in [6.45, 7) is 9.90. The number of nitrogens with zero attached hydrogens (tertiary/aromatic N) is 1. The quantitative estimate of drug-likeness (QED) is 0.852. The fourth-order valence-corrected chi connectivity index (χ4v) is 3.00. The van der Waals surface area contributed by atoms with Gasteiger partial charge in [0.2, 0.25) is 5.91 Å². The van der Waals surface area contributed by atoms with Gasteiger partial charge in [-0.2, -0.15) is 0 Å². The first kappa shape index (κ1) is 16.9. The Kier molecular flexibility index (Phi) is 5.57. The van der Waals surface area contributed by atoms with Gasteiger partial charge in [0.1, 0.15) is 5.82 Å². The standard InChI is InChI=1S/C18H26FNO2/c1-12(2)16(15-5-6-17(19)13(3)9-15)10-18(21)20-7-8-22-14(4)11-20/h5-6,9,12,14,16H,7-8,10-11H2,1-4H3. The molecule has 2 atom stereocenters. The normalized spacial score (nSPS) is 20.3. The zero-order chi connectivity index (χ0) is 16.3. The molecule has 1 aromatic rings. The molecule has 1 fully saturated rings. The number of hydrogen-bond acceptors (Lipinski definition) is 2. The second-order valence-corrected chi connectivity index (χ2v) is 6.58. The molecule has 0 aromatic heterocycles. The van der Waals surface area contributed by atoms with E-state index in [1.165, 1.54) is 6.07 Å². The number of morpholine rings is 1. The predicted octanol–water partition coefficient (Wildman–Crippen LogP) is 3.51. The fourth-order valence-electron chi connectivity index (χ4n) is 3.00. The number of carbonyl (C=O) groups is 1. The average molecular weight is 307 g/mol. The third-order valence-electron chi connectivity index (χ3n) is 4.40. The molecule has 22 heavy (non-hydrogen) atoms. The van der Waals surface area contributed by atoms with Crippen LogP contribution in [0.4, 0.5) is 4.39 Å².